The van der Waals surface area contributed by atoms with Crippen molar-refractivity contribution in [2.45, 2.75) is 44.1 Å². The van der Waals surface area contributed by atoms with Crippen LogP contribution in [0.15, 0.2) is 12.1 Å². The second kappa shape index (κ2) is 7.57. The molecule has 0 atom stereocenters. The highest BCUT2D eigenvalue weighted by Crippen LogP contribution is 2.33. The van der Waals surface area contributed by atoms with Crippen LogP contribution in [-0.2, 0) is 21.9 Å². The summed E-state index contributed by atoms with van der Waals surface area (Å²) in [6.45, 7) is 0.796. The fraction of sp³-hybridized carbons (Fsp3) is 0.562. The van der Waals surface area contributed by atoms with E-state index in [0.29, 0.717) is 29.2 Å². The van der Waals surface area contributed by atoms with Gasteiger partial charge in [-0.15, -0.1) is 11.8 Å². The zero-order valence-electron chi connectivity index (χ0n) is 12.4. The third kappa shape index (κ3) is 4.09. The second-order valence-corrected chi connectivity index (χ2v) is 7.13. The minimum absolute atomic E-state index is 0.122. The lowest BCUT2D eigenvalue weighted by Crippen LogP contribution is -2.33. The first-order valence-electron chi connectivity index (χ1n) is 7.61. The normalized spacial score (nSPS) is 17.9. The molecule has 0 radical (unpaired) electrons. The molecule has 0 saturated heterocycles. The van der Waals surface area contributed by atoms with Crippen LogP contribution in [0.5, 0.6) is 5.75 Å². The number of carbonyl (C=O) groups is 1. The van der Waals surface area contributed by atoms with Gasteiger partial charge in [-0.05, 0) is 25.0 Å². The molecule has 0 unspecified atom stereocenters. The maximum Gasteiger partial charge on any atom is 0.230 e. The van der Waals surface area contributed by atoms with Crippen LogP contribution in [-0.4, -0.2) is 24.5 Å². The van der Waals surface area contributed by atoms with Crippen LogP contribution in [0.1, 0.15) is 36.8 Å². The summed E-state index contributed by atoms with van der Waals surface area (Å²) >= 11 is 7.72. The molecule has 2 aliphatic rings. The quantitative estimate of drug-likeness (QED) is 0.890. The molecular weight excluding hydrogens is 322 g/mol. The van der Waals surface area contributed by atoms with Gasteiger partial charge < -0.3 is 14.8 Å². The van der Waals surface area contributed by atoms with Crippen molar-refractivity contribution in [1.82, 2.24) is 5.32 Å². The number of nitrogens with one attached hydrogen (secondary N) is 1. The molecule has 0 bridgehead atoms. The highest BCUT2D eigenvalue weighted by Gasteiger charge is 2.18. The number of benzene rings is 1. The van der Waals surface area contributed by atoms with Crippen molar-refractivity contribution in [2.75, 3.05) is 12.5 Å². The second-order valence-electron chi connectivity index (χ2n) is 5.71. The fourth-order valence-corrected chi connectivity index (χ4v) is 4.03. The van der Waals surface area contributed by atoms with Crippen molar-refractivity contribution >= 4 is 29.3 Å². The largest absolute Gasteiger partial charge is 0.467 e. The fourth-order valence-electron chi connectivity index (χ4n) is 2.96. The van der Waals surface area contributed by atoms with Crippen LogP contribution in [0.3, 0.4) is 0 Å². The molecule has 4 nitrogen and oxygen atoms in total. The lowest BCUT2D eigenvalue weighted by molar-refractivity contribution is -0.119. The number of hydrogen-bond acceptors (Lipinski definition) is 4. The molecule has 1 fully saturated rings. The van der Waals surface area contributed by atoms with E-state index in [4.69, 9.17) is 21.1 Å². The molecule has 1 amide bonds. The number of rotatable bonds is 5. The van der Waals surface area contributed by atoms with Crippen molar-refractivity contribution in [1.29, 1.82) is 0 Å². The monoisotopic (exact) mass is 341 g/mol. The predicted octanol–water partition coefficient (Wildman–Crippen LogP) is 3.50. The van der Waals surface area contributed by atoms with Crippen LogP contribution in [0.25, 0.3) is 0 Å². The van der Waals surface area contributed by atoms with Crippen LogP contribution in [0.4, 0.5) is 0 Å². The summed E-state index contributed by atoms with van der Waals surface area (Å²) in [6.07, 6.45) is 4.69. The van der Waals surface area contributed by atoms with E-state index in [-0.39, 0.29) is 12.7 Å². The topological polar surface area (TPSA) is 47.6 Å². The summed E-state index contributed by atoms with van der Waals surface area (Å²) < 4.78 is 10.9. The molecule has 1 saturated carbocycles. The van der Waals surface area contributed by atoms with E-state index in [1.807, 2.05) is 12.1 Å². The molecule has 1 aromatic carbocycles. The Morgan fingerprint density at radius 3 is 3.00 bits per heavy atom. The number of carbonyl (C=O) groups excluding carboxylic acids is 1. The predicted molar refractivity (Wildman–Crippen MR) is 88.3 cm³/mol. The van der Waals surface area contributed by atoms with Crippen LogP contribution in [0.2, 0.25) is 5.02 Å². The lowest BCUT2D eigenvalue weighted by Gasteiger charge is -2.21. The lowest BCUT2D eigenvalue weighted by atomic mass is 10.1. The smallest absolute Gasteiger partial charge is 0.230 e. The molecule has 120 valence electrons. The molecule has 22 heavy (non-hydrogen) atoms. The summed E-state index contributed by atoms with van der Waals surface area (Å²) in [5.74, 6) is 2.16. The number of hydrogen-bond donors (Lipinski definition) is 1. The van der Waals surface area contributed by atoms with Gasteiger partial charge in [0.25, 0.3) is 0 Å². The standard InChI is InChI=1S/C16H20ClNO3S/c17-13-5-11-7-20-10-21-16(11)12(6-13)8-22-9-15(19)18-14-3-1-2-4-14/h5-6,14H,1-4,7-10H2,(H,18,19). The Morgan fingerprint density at radius 1 is 1.36 bits per heavy atom. The third-order valence-corrected chi connectivity index (χ3v) is 5.16. The summed E-state index contributed by atoms with van der Waals surface area (Å²) in [5.41, 5.74) is 2.01. The van der Waals surface area contributed by atoms with Gasteiger partial charge in [0.05, 0.1) is 12.4 Å². The maximum absolute atomic E-state index is 11.9. The SMILES string of the molecule is O=C(CSCc1cc(Cl)cc2c1OCOC2)NC1CCCC1. The molecule has 6 heteroatoms. The molecule has 1 aliphatic heterocycles. The van der Waals surface area contributed by atoms with E-state index in [2.05, 4.69) is 5.32 Å². The maximum atomic E-state index is 11.9. The summed E-state index contributed by atoms with van der Waals surface area (Å²) in [6, 6.07) is 4.16. The van der Waals surface area contributed by atoms with Crippen LogP contribution >= 0.6 is 23.4 Å². The van der Waals surface area contributed by atoms with Crippen molar-refractivity contribution in [3.63, 3.8) is 0 Å². The third-order valence-electron chi connectivity index (χ3n) is 3.96. The number of fused-ring (bicyclic) bond motifs is 1. The highest BCUT2D eigenvalue weighted by atomic mass is 35.5. The number of thioether (sulfide) groups is 1. The molecule has 1 aliphatic carbocycles. The van der Waals surface area contributed by atoms with Gasteiger partial charge in [0, 0.05) is 27.9 Å². The average molecular weight is 342 g/mol. The van der Waals surface area contributed by atoms with Crippen molar-refractivity contribution < 1.29 is 14.3 Å². The molecule has 3 rings (SSSR count). The summed E-state index contributed by atoms with van der Waals surface area (Å²) in [4.78, 5) is 11.9. The van der Waals surface area contributed by atoms with Crippen molar-refractivity contribution in [3.05, 3.63) is 28.3 Å². The summed E-state index contributed by atoms with van der Waals surface area (Å²) in [5, 5.41) is 3.78. The number of ether oxygens (including phenoxy) is 2. The van der Waals surface area contributed by atoms with Gasteiger partial charge in [-0.25, -0.2) is 0 Å². The van der Waals surface area contributed by atoms with Crippen molar-refractivity contribution in [3.8, 4) is 5.75 Å². The van der Waals surface area contributed by atoms with Gasteiger partial charge >= 0.3 is 0 Å². The first-order valence-corrected chi connectivity index (χ1v) is 9.14. The Balaban J connectivity index is 1.53. The molecule has 0 aromatic heterocycles. The van der Waals surface area contributed by atoms with E-state index in [0.717, 1.165) is 29.7 Å². The minimum atomic E-state index is 0.122. The Morgan fingerprint density at radius 2 is 2.18 bits per heavy atom. The van der Waals surface area contributed by atoms with Gasteiger partial charge in [-0.2, -0.15) is 0 Å². The van der Waals surface area contributed by atoms with Crippen molar-refractivity contribution in [2.24, 2.45) is 0 Å². The zero-order valence-corrected chi connectivity index (χ0v) is 14.0. The van der Waals surface area contributed by atoms with Gasteiger partial charge in [-0.3, -0.25) is 4.79 Å². The van der Waals surface area contributed by atoms with Crippen LogP contribution in [0, 0.1) is 0 Å². The summed E-state index contributed by atoms with van der Waals surface area (Å²) in [7, 11) is 0. The van der Waals surface area contributed by atoms with Gasteiger partial charge in [0.15, 0.2) is 6.79 Å². The average Bonchev–Trinajstić information content (AvgIpc) is 3.00. The first kappa shape index (κ1) is 16.0. The van der Waals surface area contributed by atoms with E-state index >= 15 is 0 Å². The Kier molecular flexibility index (Phi) is 5.50. The molecular formula is C16H20ClNO3S. The highest BCUT2D eigenvalue weighted by molar-refractivity contribution is 7.99. The van der Waals surface area contributed by atoms with E-state index in [1.165, 1.54) is 12.8 Å². The molecule has 1 aromatic rings. The first-order chi connectivity index (χ1) is 10.7. The zero-order chi connectivity index (χ0) is 15.4. The Bertz CT molecular complexity index is 546. The number of amides is 1. The molecule has 1 heterocycles. The van der Waals surface area contributed by atoms with Gasteiger partial charge in [-0.1, -0.05) is 24.4 Å². The van der Waals surface area contributed by atoms with Crippen LogP contribution < -0.4 is 10.1 Å². The van der Waals surface area contributed by atoms with E-state index in [9.17, 15) is 4.79 Å². The Hall–Kier alpha value is -0.910. The molecule has 1 N–H and O–H groups in total. The Labute approximate surface area is 139 Å². The van der Waals surface area contributed by atoms with E-state index in [1.54, 1.807) is 11.8 Å². The van der Waals surface area contributed by atoms with Gasteiger partial charge in [0.1, 0.15) is 5.75 Å². The molecule has 0 spiro atoms. The number of halogens is 1. The van der Waals surface area contributed by atoms with E-state index < -0.39 is 0 Å². The van der Waals surface area contributed by atoms with Gasteiger partial charge in [0.2, 0.25) is 5.91 Å². The minimum Gasteiger partial charge on any atom is -0.467 e.